The molecule has 0 fully saturated rings. The van der Waals surface area contributed by atoms with Gasteiger partial charge >= 0.3 is 11.9 Å². The first-order chi connectivity index (χ1) is 15.7. The van der Waals surface area contributed by atoms with Gasteiger partial charge in [-0.15, -0.1) is 0 Å². The van der Waals surface area contributed by atoms with Crippen LogP contribution in [0.3, 0.4) is 0 Å². The Hall–Kier alpha value is -1.58. The summed E-state index contributed by atoms with van der Waals surface area (Å²) in [5.74, 6) is -0.161. The van der Waals surface area contributed by atoms with Crippen molar-refractivity contribution in [2.75, 3.05) is 13.2 Å². The Kier molecular flexibility index (Phi) is 24.4. The van der Waals surface area contributed by atoms with E-state index in [4.69, 9.17) is 9.47 Å². The zero-order valence-electron chi connectivity index (χ0n) is 21.1. The molecule has 4 nitrogen and oxygen atoms in total. The highest BCUT2D eigenvalue weighted by atomic mass is 16.5. The van der Waals surface area contributed by atoms with E-state index in [1.807, 2.05) is 0 Å². The first kappa shape index (κ1) is 30.4. The molecule has 0 aliphatic rings. The van der Waals surface area contributed by atoms with Crippen molar-refractivity contribution in [3.63, 3.8) is 0 Å². The molecule has 0 aromatic heterocycles. The molecule has 0 N–H and O–H groups in total. The minimum atomic E-state index is -0.0806. The van der Waals surface area contributed by atoms with Crippen molar-refractivity contribution >= 4 is 11.9 Å². The lowest BCUT2D eigenvalue weighted by atomic mass is 10.1. The van der Waals surface area contributed by atoms with E-state index in [1.54, 1.807) is 0 Å². The molecule has 0 amide bonds. The van der Waals surface area contributed by atoms with E-state index in [1.165, 1.54) is 38.5 Å². The first-order valence-electron chi connectivity index (χ1n) is 13.3. The van der Waals surface area contributed by atoms with Crippen LogP contribution in [-0.4, -0.2) is 25.2 Å². The second-order valence-corrected chi connectivity index (χ2v) is 8.57. The van der Waals surface area contributed by atoms with Gasteiger partial charge in [0.25, 0.3) is 0 Å². The maximum absolute atomic E-state index is 11.7. The van der Waals surface area contributed by atoms with Gasteiger partial charge in [-0.2, -0.15) is 0 Å². The molecule has 0 aromatic carbocycles. The Morgan fingerprint density at radius 3 is 1.28 bits per heavy atom. The summed E-state index contributed by atoms with van der Waals surface area (Å²) in [7, 11) is 0. The molecule has 0 radical (unpaired) electrons. The summed E-state index contributed by atoms with van der Waals surface area (Å²) in [5.41, 5.74) is 0. The van der Waals surface area contributed by atoms with Gasteiger partial charge in [0.2, 0.25) is 0 Å². The molecule has 0 unspecified atom stereocenters. The molecule has 0 atom stereocenters. The van der Waals surface area contributed by atoms with Gasteiger partial charge in [-0.25, -0.2) is 0 Å². The van der Waals surface area contributed by atoms with Crippen LogP contribution in [0.1, 0.15) is 129 Å². The van der Waals surface area contributed by atoms with Crippen molar-refractivity contribution in [1.82, 2.24) is 0 Å². The van der Waals surface area contributed by atoms with E-state index in [0.717, 1.165) is 64.2 Å². The molecule has 0 saturated carbocycles. The number of carbonyl (C=O) groups excluding carboxylic acids is 2. The van der Waals surface area contributed by atoms with Gasteiger partial charge in [-0.3, -0.25) is 9.59 Å². The summed E-state index contributed by atoms with van der Waals surface area (Å²) in [6.07, 6.45) is 27.1. The summed E-state index contributed by atoms with van der Waals surface area (Å²) in [5, 5.41) is 0. The Morgan fingerprint density at radius 2 is 0.875 bits per heavy atom. The van der Waals surface area contributed by atoms with Crippen molar-refractivity contribution in [3.8, 4) is 0 Å². The zero-order chi connectivity index (χ0) is 23.5. The average Bonchev–Trinajstić information content (AvgIpc) is 2.79. The third kappa shape index (κ3) is 24.7. The van der Waals surface area contributed by atoms with E-state index in [2.05, 4.69) is 38.2 Å². The van der Waals surface area contributed by atoms with Gasteiger partial charge in [0.1, 0.15) is 0 Å². The van der Waals surface area contributed by atoms with Crippen molar-refractivity contribution in [2.24, 2.45) is 0 Å². The highest BCUT2D eigenvalue weighted by Crippen LogP contribution is 2.10. The molecule has 0 rings (SSSR count). The molecule has 0 aliphatic carbocycles. The fraction of sp³-hybridized carbons (Fsp3) is 0.786. The highest BCUT2D eigenvalue weighted by molar-refractivity contribution is 5.69. The fourth-order valence-electron chi connectivity index (χ4n) is 3.37. The van der Waals surface area contributed by atoms with E-state index in [-0.39, 0.29) is 11.9 Å². The van der Waals surface area contributed by atoms with Crippen LogP contribution in [0.4, 0.5) is 0 Å². The lowest BCUT2D eigenvalue weighted by Gasteiger charge is -2.04. The predicted octanol–water partition coefficient (Wildman–Crippen LogP) is 8.25. The Morgan fingerprint density at radius 1 is 0.500 bits per heavy atom. The summed E-state index contributed by atoms with van der Waals surface area (Å²) >= 11 is 0. The third-order valence-electron chi connectivity index (χ3n) is 5.39. The molecule has 0 bridgehead atoms. The minimum Gasteiger partial charge on any atom is -0.465 e. The van der Waals surface area contributed by atoms with E-state index >= 15 is 0 Å². The van der Waals surface area contributed by atoms with Crippen LogP contribution in [0.15, 0.2) is 24.3 Å². The van der Waals surface area contributed by atoms with Crippen molar-refractivity contribution < 1.29 is 19.1 Å². The van der Waals surface area contributed by atoms with Gasteiger partial charge in [0.15, 0.2) is 0 Å². The number of carbonyl (C=O) groups is 2. The van der Waals surface area contributed by atoms with Crippen molar-refractivity contribution in [2.45, 2.75) is 129 Å². The zero-order valence-corrected chi connectivity index (χ0v) is 21.1. The topological polar surface area (TPSA) is 52.6 Å². The molecule has 0 spiro atoms. The monoisotopic (exact) mass is 450 g/mol. The van der Waals surface area contributed by atoms with Crippen LogP contribution in [-0.2, 0) is 19.1 Å². The summed E-state index contributed by atoms with van der Waals surface area (Å²) in [6.45, 7) is 5.40. The number of rotatable bonds is 23. The number of unbranched alkanes of at least 4 members (excludes halogenated alkanes) is 11. The maximum atomic E-state index is 11.7. The molecule has 4 heteroatoms. The predicted molar refractivity (Wildman–Crippen MR) is 135 cm³/mol. The molecular formula is C28H50O4. The smallest absolute Gasteiger partial charge is 0.305 e. The SMILES string of the molecule is CCCCC/C=C\CCOC(=O)CCCCCCCCC(=O)OCC/C=C\CCCCC. The van der Waals surface area contributed by atoms with Crippen LogP contribution in [0.2, 0.25) is 0 Å². The normalized spacial score (nSPS) is 11.4. The van der Waals surface area contributed by atoms with Gasteiger partial charge in [0.05, 0.1) is 13.2 Å². The van der Waals surface area contributed by atoms with Gasteiger partial charge in [-0.05, 0) is 51.4 Å². The molecule has 0 aromatic rings. The molecule has 0 saturated heterocycles. The number of ether oxygens (including phenoxy) is 2. The second kappa shape index (κ2) is 25.7. The maximum Gasteiger partial charge on any atom is 0.305 e. The lowest BCUT2D eigenvalue weighted by Crippen LogP contribution is -2.05. The minimum absolute atomic E-state index is 0.0806. The molecule has 0 aliphatic heterocycles. The Labute approximate surface area is 198 Å². The molecular weight excluding hydrogens is 400 g/mol. The van der Waals surface area contributed by atoms with Crippen LogP contribution in [0.25, 0.3) is 0 Å². The molecule has 32 heavy (non-hydrogen) atoms. The summed E-state index contributed by atoms with van der Waals surface area (Å²) in [4.78, 5) is 23.4. The molecule has 186 valence electrons. The standard InChI is InChI=1S/C28H50O4/c1-3-5-7-9-13-17-21-25-31-27(29)23-19-15-11-12-16-20-24-28(30)32-26-22-18-14-10-8-6-4-2/h13-14,17-18H,3-12,15-16,19-26H2,1-2H3/b17-13-,18-14-. The van der Waals surface area contributed by atoms with Gasteiger partial charge < -0.3 is 9.47 Å². The third-order valence-corrected chi connectivity index (χ3v) is 5.39. The van der Waals surface area contributed by atoms with Gasteiger partial charge in [-0.1, -0.05) is 89.5 Å². The van der Waals surface area contributed by atoms with Crippen LogP contribution in [0.5, 0.6) is 0 Å². The highest BCUT2D eigenvalue weighted by Gasteiger charge is 2.03. The summed E-state index contributed by atoms with van der Waals surface area (Å²) < 4.78 is 10.5. The first-order valence-corrected chi connectivity index (χ1v) is 13.3. The van der Waals surface area contributed by atoms with Crippen molar-refractivity contribution in [1.29, 1.82) is 0 Å². The number of allylic oxidation sites excluding steroid dienone is 2. The van der Waals surface area contributed by atoms with Crippen LogP contribution < -0.4 is 0 Å². The lowest BCUT2D eigenvalue weighted by molar-refractivity contribution is -0.144. The molecule has 0 heterocycles. The van der Waals surface area contributed by atoms with Crippen molar-refractivity contribution in [3.05, 3.63) is 24.3 Å². The largest absolute Gasteiger partial charge is 0.465 e. The van der Waals surface area contributed by atoms with Crippen LogP contribution in [0, 0.1) is 0 Å². The summed E-state index contributed by atoms with van der Waals surface area (Å²) in [6, 6.07) is 0. The van der Waals surface area contributed by atoms with Gasteiger partial charge in [0, 0.05) is 12.8 Å². The quantitative estimate of drug-likeness (QED) is 0.0893. The number of esters is 2. The van der Waals surface area contributed by atoms with E-state index in [0.29, 0.717) is 26.1 Å². The fourth-order valence-corrected chi connectivity index (χ4v) is 3.37. The van der Waals surface area contributed by atoms with E-state index in [9.17, 15) is 9.59 Å². The number of hydrogen-bond donors (Lipinski definition) is 0. The number of hydrogen-bond acceptors (Lipinski definition) is 4. The average molecular weight is 451 g/mol. The Bertz CT molecular complexity index is 438. The van der Waals surface area contributed by atoms with Crippen LogP contribution >= 0.6 is 0 Å². The Balaban J connectivity index is 3.35. The second-order valence-electron chi connectivity index (χ2n) is 8.57. The van der Waals surface area contributed by atoms with E-state index < -0.39 is 0 Å².